The molecule has 0 amide bonds. The first-order chi connectivity index (χ1) is 14.0. The molecule has 0 fully saturated rings. The number of nitrogen functional groups attached to an aromatic ring is 2. The van der Waals surface area contributed by atoms with Crippen LogP contribution in [0.25, 0.3) is 28.0 Å². The average Bonchev–Trinajstić information content (AvgIpc) is 2.73. The van der Waals surface area contributed by atoms with Crippen molar-refractivity contribution < 1.29 is 4.74 Å². The van der Waals surface area contributed by atoms with Crippen LogP contribution in [-0.2, 0) is 0 Å². The zero-order chi connectivity index (χ0) is 20.5. The minimum absolute atomic E-state index is 0.0593. The van der Waals surface area contributed by atoms with Gasteiger partial charge in [-0.3, -0.25) is 9.36 Å². The molecule has 2 aromatic carbocycles. The van der Waals surface area contributed by atoms with Crippen LogP contribution < -0.4 is 21.8 Å². The molecule has 0 unspecified atom stereocenters. The maximum atomic E-state index is 13.5. The number of methoxy groups -OCH3 is 1. The average molecular weight is 405 g/mol. The van der Waals surface area contributed by atoms with E-state index >= 15 is 0 Å². The number of fused-ring (bicyclic) bond motifs is 1. The Balaban J connectivity index is 2.06. The molecule has 0 spiro atoms. The second-order valence-electron chi connectivity index (χ2n) is 6.33. The van der Waals surface area contributed by atoms with Crippen molar-refractivity contribution >= 4 is 34.3 Å². The monoisotopic (exact) mass is 405 g/mol. The zero-order valence-electron chi connectivity index (χ0n) is 15.9. The number of aromatic nitrogens is 3. The number of hydrogen-bond acceptors (Lipinski definition) is 7. The molecule has 0 saturated heterocycles. The van der Waals surface area contributed by atoms with Gasteiger partial charge in [0.25, 0.3) is 5.56 Å². The summed E-state index contributed by atoms with van der Waals surface area (Å²) in [6.07, 6.45) is 2.01. The number of nitrogens with zero attached hydrogens (tertiary/aromatic N) is 3. The maximum absolute atomic E-state index is 13.5. The van der Waals surface area contributed by atoms with Gasteiger partial charge in [-0.1, -0.05) is 12.1 Å². The summed E-state index contributed by atoms with van der Waals surface area (Å²) >= 11 is 1.64. The predicted octanol–water partition coefficient (Wildman–Crippen LogP) is 3.34. The highest BCUT2D eigenvalue weighted by Crippen LogP contribution is 2.27. The lowest BCUT2D eigenvalue weighted by Gasteiger charge is -2.15. The molecule has 4 rings (SSSR count). The first kappa shape index (κ1) is 18.8. The van der Waals surface area contributed by atoms with E-state index in [2.05, 4.69) is 4.98 Å². The van der Waals surface area contributed by atoms with E-state index in [9.17, 15) is 4.79 Å². The molecule has 0 aliphatic carbocycles. The number of hydrogen-bond donors (Lipinski definition) is 2. The highest BCUT2D eigenvalue weighted by molar-refractivity contribution is 7.98. The molecule has 4 aromatic rings. The van der Waals surface area contributed by atoms with Crippen molar-refractivity contribution in [2.45, 2.75) is 4.90 Å². The van der Waals surface area contributed by atoms with Gasteiger partial charge in [0, 0.05) is 16.5 Å². The number of rotatable bonds is 4. The molecule has 0 aliphatic heterocycles. The van der Waals surface area contributed by atoms with Gasteiger partial charge in [0.05, 0.1) is 18.3 Å². The van der Waals surface area contributed by atoms with Crippen LogP contribution in [0.1, 0.15) is 0 Å². The van der Waals surface area contributed by atoms with Gasteiger partial charge in [-0.05, 0) is 42.7 Å². The van der Waals surface area contributed by atoms with E-state index in [1.165, 1.54) is 4.57 Å². The first-order valence-electron chi connectivity index (χ1n) is 8.79. The Morgan fingerprint density at radius 3 is 2.31 bits per heavy atom. The van der Waals surface area contributed by atoms with Crippen LogP contribution in [0.15, 0.2) is 64.3 Å². The fourth-order valence-corrected chi connectivity index (χ4v) is 3.56. The number of nitrogens with two attached hydrogens (primary N) is 2. The Morgan fingerprint density at radius 1 is 1.00 bits per heavy atom. The fraction of sp³-hybridized carbons (Fsp3) is 0.0952. The van der Waals surface area contributed by atoms with E-state index in [4.69, 9.17) is 21.2 Å². The van der Waals surface area contributed by atoms with E-state index < -0.39 is 0 Å². The summed E-state index contributed by atoms with van der Waals surface area (Å²) in [5, 5.41) is 0.236. The van der Waals surface area contributed by atoms with Gasteiger partial charge in [0.1, 0.15) is 28.6 Å². The summed E-state index contributed by atoms with van der Waals surface area (Å²) in [5.74, 6) is 1.46. The third kappa shape index (κ3) is 3.38. The SMILES string of the molecule is COc1ccc(-n2c(-c3ccc(SC)cc3)nc3cc(N)nc(N)c3c2=O)cc1. The Kier molecular flexibility index (Phi) is 4.85. The Labute approximate surface area is 171 Å². The van der Waals surface area contributed by atoms with E-state index in [0.29, 0.717) is 22.8 Å². The van der Waals surface area contributed by atoms with Crippen LogP contribution >= 0.6 is 11.8 Å². The lowest BCUT2D eigenvalue weighted by Crippen LogP contribution is -2.23. The Hall–Kier alpha value is -3.52. The zero-order valence-corrected chi connectivity index (χ0v) is 16.7. The summed E-state index contributed by atoms with van der Waals surface area (Å²) in [6.45, 7) is 0. The third-order valence-corrected chi connectivity index (χ3v) is 5.32. The summed E-state index contributed by atoms with van der Waals surface area (Å²) in [7, 11) is 1.59. The lowest BCUT2D eigenvalue weighted by atomic mass is 10.1. The summed E-state index contributed by atoms with van der Waals surface area (Å²) in [6, 6.07) is 16.6. The van der Waals surface area contributed by atoms with Crippen LogP contribution in [0.4, 0.5) is 11.6 Å². The number of thioether (sulfide) groups is 1. The number of benzene rings is 2. The van der Waals surface area contributed by atoms with Gasteiger partial charge in [-0.15, -0.1) is 11.8 Å². The summed E-state index contributed by atoms with van der Waals surface area (Å²) in [4.78, 5) is 23.3. The van der Waals surface area contributed by atoms with Crippen molar-refractivity contribution in [3.63, 3.8) is 0 Å². The molecule has 146 valence electrons. The Bertz CT molecular complexity index is 1250. The molecule has 29 heavy (non-hydrogen) atoms. The predicted molar refractivity (Wildman–Crippen MR) is 118 cm³/mol. The molecule has 0 atom stereocenters. The van der Waals surface area contributed by atoms with Gasteiger partial charge >= 0.3 is 0 Å². The molecule has 8 heteroatoms. The third-order valence-electron chi connectivity index (χ3n) is 4.58. The minimum atomic E-state index is -0.311. The normalized spacial score (nSPS) is 11.0. The second kappa shape index (κ2) is 7.48. The number of anilines is 2. The van der Waals surface area contributed by atoms with Gasteiger partial charge in [-0.2, -0.15) is 0 Å². The number of pyridine rings is 1. The fourth-order valence-electron chi connectivity index (χ4n) is 3.15. The largest absolute Gasteiger partial charge is 0.497 e. The molecule has 0 saturated carbocycles. The molecule has 0 aliphatic rings. The van der Waals surface area contributed by atoms with Crippen LogP contribution in [0.3, 0.4) is 0 Å². The van der Waals surface area contributed by atoms with Gasteiger partial charge in [0.2, 0.25) is 0 Å². The van der Waals surface area contributed by atoms with Crippen molar-refractivity contribution in [2.75, 3.05) is 24.8 Å². The van der Waals surface area contributed by atoms with Crippen LogP contribution in [0, 0.1) is 0 Å². The van der Waals surface area contributed by atoms with Crippen molar-refractivity contribution in [1.82, 2.24) is 14.5 Å². The van der Waals surface area contributed by atoms with Crippen LogP contribution in [0.2, 0.25) is 0 Å². The van der Waals surface area contributed by atoms with E-state index in [1.807, 2.05) is 30.5 Å². The molecule has 4 N–H and O–H groups in total. The first-order valence-corrected chi connectivity index (χ1v) is 10.0. The standard InChI is InChI=1S/C21H19N5O2S/c1-28-14-7-5-13(6-8-14)26-20(12-3-9-15(29-2)10-4-12)24-16-11-17(22)25-19(23)18(16)21(26)27/h3-11H,1-2H3,(H4,22,23,25). The second-order valence-corrected chi connectivity index (χ2v) is 7.21. The molecule has 2 heterocycles. The van der Waals surface area contributed by atoms with Gasteiger partial charge in [0.15, 0.2) is 0 Å². The molecule has 7 nitrogen and oxygen atoms in total. The van der Waals surface area contributed by atoms with Crippen LogP contribution in [-0.4, -0.2) is 27.9 Å². The molecule has 0 bridgehead atoms. The Morgan fingerprint density at radius 2 is 1.69 bits per heavy atom. The number of ether oxygens (including phenoxy) is 1. The minimum Gasteiger partial charge on any atom is -0.497 e. The van der Waals surface area contributed by atoms with E-state index in [1.54, 1.807) is 49.2 Å². The molecular formula is C21H19N5O2S. The molecular weight excluding hydrogens is 386 g/mol. The highest BCUT2D eigenvalue weighted by Gasteiger charge is 2.17. The maximum Gasteiger partial charge on any atom is 0.270 e. The lowest BCUT2D eigenvalue weighted by molar-refractivity contribution is 0.414. The van der Waals surface area contributed by atoms with E-state index in [0.717, 1.165) is 10.5 Å². The van der Waals surface area contributed by atoms with Crippen LogP contribution in [0.5, 0.6) is 5.75 Å². The quantitative estimate of drug-likeness (QED) is 0.501. The van der Waals surface area contributed by atoms with Gasteiger partial charge < -0.3 is 16.2 Å². The highest BCUT2D eigenvalue weighted by atomic mass is 32.2. The molecule has 2 aromatic heterocycles. The van der Waals surface area contributed by atoms with Crippen molar-refractivity contribution in [2.24, 2.45) is 0 Å². The summed E-state index contributed by atoms with van der Waals surface area (Å²) < 4.78 is 6.76. The topological polar surface area (TPSA) is 109 Å². The van der Waals surface area contributed by atoms with Crippen molar-refractivity contribution in [3.05, 3.63) is 65.0 Å². The van der Waals surface area contributed by atoms with Crippen molar-refractivity contribution in [3.8, 4) is 22.8 Å². The summed E-state index contributed by atoms with van der Waals surface area (Å²) in [5.41, 5.74) is 13.4. The van der Waals surface area contributed by atoms with E-state index in [-0.39, 0.29) is 22.6 Å². The molecule has 0 radical (unpaired) electrons. The van der Waals surface area contributed by atoms with Gasteiger partial charge in [-0.25, -0.2) is 9.97 Å². The smallest absolute Gasteiger partial charge is 0.270 e. The van der Waals surface area contributed by atoms with Crippen molar-refractivity contribution in [1.29, 1.82) is 0 Å².